The zero-order chi connectivity index (χ0) is 12.3. The largest absolute Gasteiger partial charge is 0.0654 e. The van der Waals surface area contributed by atoms with Crippen LogP contribution in [0.15, 0.2) is 0 Å². The third-order valence-electron chi connectivity index (χ3n) is 4.19. The molecule has 1 rings (SSSR count). The summed E-state index contributed by atoms with van der Waals surface area (Å²) >= 11 is 0. The first kappa shape index (κ1) is 15.1. The standard InChI is InChI=1S/C17H33/c1-3-5-7-9-11-13-16(17-14-15-17)12-10-8-6-4-2/h7,16-17H,3-6,8-15H2,1-2H3. The first-order valence-electron chi connectivity index (χ1n) is 8.20. The van der Waals surface area contributed by atoms with Crippen molar-refractivity contribution >= 4 is 0 Å². The monoisotopic (exact) mass is 237 g/mol. The molecule has 0 aromatic carbocycles. The smallest absolute Gasteiger partial charge is 0.0386 e. The number of rotatable bonds is 12. The van der Waals surface area contributed by atoms with E-state index in [1.54, 1.807) is 0 Å². The zero-order valence-electron chi connectivity index (χ0n) is 12.2. The fourth-order valence-corrected chi connectivity index (χ4v) is 2.89. The Morgan fingerprint density at radius 3 is 2.29 bits per heavy atom. The molecule has 0 aromatic heterocycles. The highest BCUT2D eigenvalue weighted by Crippen LogP contribution is 2.41. The van der Waals surface area contributed by atoms with E-state index in [9.17, 15) is 0 Å². The average molecular weight is 237 g/mol. The second-order valence-corrected chi connectivity index (χ2v) is 5.96. The third-order valence-corrected chi connectivity index (χ3v) is 4.19. The minimum absolute atomic E-state index is 1.09. The van der Waals surface area contributed by atoms with E-state index in [0.29, 0.717) is 0 Å². The summed E-state index contributed by atoms with van der Waals surface area (Å²) in [6.45, 7) is 4.58. The Morgan fingerprint density at radius 2 is 1.65 bits per heavy atom. The third kappa shape index (κ3) is 7.84. The maximum atomic E-state index is 2.50. The van der Waals surface area contributed by atoms with Gasteiger partial charge in [0.05, 0.1) is 0 Å². The molecule has 0 spiro atoms. The Kier molecular flexibility index (Phi) is 8.83. The molecule has 0 aliphatic heterocycles. The van der Waals surface area contributed by atoms with Gasteiger partial charge in [0, 0.05) is 0 Å². The predicted octanol–water partition coefficient (Wildman–Crippen LogP) is 6.16. The van der Waals surface area contributed by atoms with Gasteiger partial charge in [-0.3, -0.25) is 0 Å². The van der Waals surface area contributed by atoms with E-state index in [-0.39, 0.29) is 0 Å². The Balaban J connectivity index is 1.98. The van der Waals surface area contributed by atoms with Crippen molar-refractivity contribution < 1.29 is 0 Å². The van der Waals surface area contributed by atoms with Crippen LogP contribution in [0.2, 0.25) is 0 Å². The van der Waals surface area contributed by atoms with Crippen LogP contribution < -0.4 is 0 Å². The molecule has 1 atom stereocenters. The SMILES string of the molecule is CCC[CH]CCCC(CCCCCC)C1CC1. The molecule has 1 unspecified atom stereocenters. The van der Waals surface area contributed by atoms with Crippen molar-refractivity contribution in [2.75, 3.05) is 0 Å². The lowest BCUT2D eigenvalue weighted by atomic mass is 9.90. The van der Waals surface area contributed by atoms with Crippen LogP contribution in [0.5, 0.6) is 0 Å². The van der Waals surface area contributed by atoms with E-state index in [2.05, 4.69) is 20.3 Å². The summed E-state index contributed by atoms with van der Waals surface area (Å²) < 4.78 is 0. The van der Waals surface area contributed by atoms with Gasteiger partial charge >= 0.3 is 0 Å². The molecular formula is C17H33. The molecule has 0 heteroatoms. The summed E-state index contributed by atoms with van der Waals surface area (Å²) in [5.74, 6) is 2.21. The maximum absolute atomic E-state index is 2.50. The lowest BCUT2D eigenvalue weighted by molar-refractivity contribution is 0.370. The summed E-state index contributed by atoms with van der Waals surface area (Å²) in [7, 11) is 0. The number of hydrogen-bond donors (Lipinski definition) is 0. The van der Waals surface area contributed by atoms with E-state index in [4.69, 9.17) is 0 Å². The van der Waals surface area contributed by atoms with Gasteiger partial charge in [0.25, 0.3) is 0 Å². The predicted molar refractivity (Wildman–Crippen MR) is 78.0 cm³/mol. The van der Waals surface area contributed by atoms with Crippen LogP contribution in [-0.4, -0.2) is 0 Å². The van der Waals surface area contributed by atoms with Gasteiger partial charge in [-0.25, -0.2) is 0 Å². The van der Waals surface area contributed by atoms with Gasteiger partial charge in [0.15, 0.2) is 0 Å². The van der Waals surface area contributed by atoms with E-state index in [1.165, 1.54) is 77.0 Å². The summed E-state index contributed by atoms with van der Waals surface area (Å²) in [5, 5.41) is 0. The number of hydrogen-bond acceptors (Lipinski definition) is 0. The first-order valence-corrected chi connectivity index (χ1v) is 8.20. The highest BCUT2D eigenvalue weighted by molar-refractivity contribution is 4.81. The molecule has 0 heterocycles. The molecule has 1 saturated carbocycles. The van der Waals surface area contributed by atoms with Gasteiger partial charge in [0.2, 0.25) is 0 Å². The van der Waals surface area contributed by atoms with Gasteiger partial charge in [-0.05, 0) is 31.1 Å². The lowest BCUT2D eigenvalue weighted by Gasteiger charge is -2.15. The molecule has 1 aliphatic rings. The average Bonchev–Trinajstić information content (AvgIpc) is 3.16. The second-order valence-electron chi connectivity index (χ2n) is 5.96. The molecule has 0 nitrogen and oxygen atoms in total. The Morgan fingerprint density at radius 1 is 0.882 bits per heavy atom. The maximum Gasteiger partial charge on any atom is -0.0386 e. The van der Waals surface area contributed by atoms with E-state index < -0.39 is 0 Å². The second kappa shape index (κ2) is 9.97. The van der Waals surface area contributed by atoms with Gasteiger partial charge in [-0.1, -0.05) is 78.1 Å². The molecule has 17 heavy (non-hydrogen) atoms. The van der Waals surface area contributed by atoms with Crippen molar-refractivity contribution in [1.82, 2.24) is 0 Å². The molecule has 1 fully saturated rings. The molecule has 0 bridgehead atoms. The fourth-order valence-electron chi connectivity index (χ4n) is 2.89. The van der Waals surface area contributed by atoms with Crippen LogP contribution in [0.1, 0.15) is 90.9 Å². The minimum atomic E-state index is 1.09. The number of unbranched alkanes of at least 4 members (excludes halogenated alkanes) is 7. The van der Waals surface area contributed by atoms with Gasteiger partial charge in [-0.2, -0.15) is 0 Å². The van der Waals surface area contributed by atoms with E-state index >= 15 is 0 Å². The van der Waals surface area contributed by atoms with Crippen LogP contribution >= 0.6 is 0 Å². The van der Waals surface area contributed by atoms with Crippen molar-refractivity contribution in [1.29, 1.82) is 0 Å². The van der Waals surface area contributed by atoms with Crippen molar-refractivity contribution in [2.24, 2.45) is 11.8 Å². The van der Waals surface area contributed by atoms with Gasteiger partial charge in [0.1, 0.15) is 0 Å². The molecular weight excluding hydrogens is 204 g/mol. The normalized spacial score (nSPS) is 17.3. The fraction of sp³-hybridized carbons (Fsp3) is 0.941. The minimum Gasteiger partial charge on any atom is -0.0654 e. The highest BCUT2D eigenvalue weighted by atomic mass is 14.3. The van der Waals surface area contributed by atoms with Crippen LogP contribution in [0.4, 0.5) is 0 Å². The first-order chi connectivity index (χ1) is 8.38. The molecule has 0 saturated heterocycles. The lowest BCUT2D eigenvalue weighted by Crippen LogP contribution is -2.03. The molecule has 1 radical (unpaired) electrons. The topological polar surface area (TPSA) is 0 Å². The van der Waals surface area contributed by atoms with E-state index in [0.717, 1.165) is 11.8 Å². The van der Waals surface area contributed by atoms with Crippen molar-refractivity contribution in [3.05, 3.63) is 6.42 Å². The van der Waals surface area contributed by atoms with Gasteiger partial charge in [-0.15, -0.1) is 0 Å². The molecule has 0 aromatic rings. The molecule has 101 valence electrons. The van der Waals surface area contributed by atoms with Crippen LogP contribution in [0, 0.1) is 18.3 Å². The zero-order valence-corrected chi connectivity index (χ0v) is 12.2. The van der Waals surface area contributed by atoms with Crippen molar-refractivity contribution in [3.63, 3.8) is 0 Å². The van der Waals surface area contributed by atoms with Crippen molar-refractivity contribution in [3.8, 4) is 0 Å². The summed E-state index contributed by atoms with van der Waals surface area (Å²) in [4.78, 5) is 0. The Labute approximate surface area is 110 Å². The molecule has 1 aliphatic carbocycles. The van der Waals surface area contributed by atoms with Crippen LogP contribution in [-0.2, 0) is 0 Å². The van der Waals surface area contributed by atoms with Crippen molar-refractivity contribution in [2.45, 2.75) is 90.9 Å². The van der Waals surface area contributed by atoms with Gasteiger partial charge < -0.3 is 0 Å². The summed E-state index contributed by atoms with van der Waals surface area (Å²) in [6.07, 6.45) is 19.9. The quantitative estimate of drug-likeness (QED) is 0.357. The van der Waals surface area contributed by atoms with E-state index in [1.807, 2.05) is 0 Å². The summed E-state index contributed by atoms with van der Waals surface area (Å²) in [5.41, 5.74) is 0. The summed E-state index contributed by atoms with van der Waals surface area (Å²) in [6, 6.07) is 0. The van der Waals surface area contributed by atoms with Crippen LogP contribution in [0.25, 0.3) is 0 Å². The highest BCUT2D eigenvalue weighted by Gasteiger charge is 2.29. The Hall–Kier alpha value is 0. The molecule has 0 amide bonds. The Bertz CT molecular complexity index is 157. The molecule has 0 N–H and O–H groups in total. The van der Waals surface area contributed by atoms with Crippen LogP contribution in [0.3, 0.4) is 0 Å².